The van der Waals surface area contributed by atoms with Crippen molar-refractivity contribution in [3.63, 3.8) is 0 Å². The third-order valence-corrected chi connectivity index (χ3v) is 3.16. The Balaban J connectivity index is 2.22. The molecule has 4 heteroatoms. The van der Waals surface area contributed by atoms with E-state index in [1.807, 2.05) is 26.8 Å². The molecule has 1 aliphatic rings. The highest BCUT2D eigenvalue weighted by Gasteiger charge is 2.20. The van der Waals surface area contributed by atoms with Crippen molar-refractivity contribution in [1.29, 1.82) is 0 Å². The van der Waals surface area contributed by atoms with Crippen LogP contribution in [0.25, 0.3) is 6.08 Å². The van der Waals surface area contributed by atoms with Crippen LogP contribution in [0, 0.1) is 5.41 Å². The van der Waals surface area contributed by atoms with E-state index in [4.69, 9.17) is 21.1 Å². The van der Waals surface area contributed by atoms with Gasteiger partial charge in [-0.05, 0) is 17.0 Å². The molecule has 1 N–H and O–H groups in total. The first kappa shape index (κ1) is 13.2. The molecule has 1 aliphatic heterocycles. The Bertz CT molecular complexity index is 475. The van der Waals surface area contributed by atoms with Crippen molar-refractivity contribution in [3.8, 4) is 11.5 Å². The molecule has 18 heavy (non-hydrogen) atoms. The first-order chi connectivity index (χ1) is 8.38. The highest BCUT2D eigenvalue weighted by molar-refractivity contribution is 6.32. The maximum atomic E-state index is 9.95. The molecule has 0 saturated heterocycles. The van der Waals surface area contributed by atoms with Gasteiger partial charge in [-0.15, -0.1) is 0 Å². The summed E-state index contributed by atoms with van der Waals surface area (Å²) in [6.45, 7) is 6.15. The SMILES string of the molecule is CC(C)(C)C(O)C=Cc1cc2c(cc1Cl)OCO2. The van der Waals surface area contributed by atoms with E-state index in [0.717, 1.165) is 5.56 Å². The summed E-state index contributed by atoms with van der Waals surface area (Å²) in [6, 6.07) is 3.55. The Morgan fingerprint density at radius 2 is 1.89 bits per heavy atom. The number of aliphatic hydroxyl groups is 1. The van der Waals surface area contributed by atoms with Crippen LogP contribution in [0.4, 0.5) is 0 Å². The fourth-order valence-electron chi connectivity index (χ4n) is 1.54. The van der Waals surface area contributed by atoms with Gasteiger partial charge in [0.25, 0.3) is 0 Å². The van der Waals surface area contributed by atoms with Gasteiger partial charge < -0.3 is 14.6 Å². The minimum atomic E-state index is -0.529. The van der Waals surface area contributed by atoms with Crippen molar-refractivity contribution in [2.75, 3.05) is 6.79 Å². The summed E-state index contributed by atoms with van der Waals surface area (Å²) in [7, 11) is 0. The van der Waals surface area contributed by atoms with Crippen LogP contribution in [-0.2, 0) is 0 Å². The first-order valence-corrected chi connectivity index (χ1v) is 6.21. The number of hydrogen-bond acceptors (Lipinski definition) is 3. The van der Waals surface area contributed by atoms with E-state index in [9.17, 15) is 5.11 Å². The van der Waals surface area contributed by atoms with Crippen LogP contribution in [-0.4, -0.2) is 18.0 Å². The summed E-state index contributed by atoms with van der Waals surface area (Å²) in [5, 5.41) is 10.5. The molecule has 0 fully saturated rings. The summed E-state index contributed by atoms with van der Waals surface area (Å²) in [4.78, 5) is 0. The number of halogens is 1. The van der Waals surface area contributed by atoms with Gasteiger partial charge in [0, 0.05) is 6.07 Å². The van der Waals surface area contributed by atoms with Crippen molar-refractivity contribution in [1.82, 2.24) is 0 Å². The van der Waals surface area contributed by atoms with E-state index in [0.29, 0.717) is 16.5 Å². The van der Waals surface area contributed by atoms with E-state index in [1.54, 1.807) is 18.2 Å². The lowest BCUT2D eigenvalue weighted by Gasteiger charge is -2.22. The molecule has 1 aromatic carbocycles. The second-order valence-corrected chi connectivity index (χ2v) is 5.80. The summed E-state index contributed by atoms with van der Waals surface area (Å²) in [6.07, 6.45) is 3.02. The highest BCUT2D eigenvalue weighted by atomic mass is 35.5. The molecule has 3 nitrogen and oxygen atoms in total. The topological polar surface area (TPSA) is 38.7 Å². The monoisotopic (exact) mass is 268 g/mol. The van der Waals surface area contributed by atoms with E-state index in [-0.39, 0.29) is 12.2 Å². The molecule has 0 saturated carbocycles. The number of rotatable bonds is 2. The predicted molar refractivity (Wildman–Crippen MR) is 72.1 cm³/mol. The third-order valence-electron chi connectivity index (χ3n) is 2.84. The Morgan fingerprint density at radius 3 is 2.50 bits per heavy atom. The Labute approximate surface area is 112 Å². The van der Waals surface area contributed by atoms with Crippen molar-refractivity contribution >= 4 is 17.7 Å². The van der Waals surface area contributed by atoms with E-state index in [1.165, 1.54) is 0 Å². The average Bonchev–Trinajstić information content (AvgIpc) is 2.70. The lowest BCUT2D eigenvalue weighted by atomic mass is 9.89. The van der Waals surface area contributed by atoms with Crippen molar-refractivity contribution in [2.45, 2.75) is 26.9 Å². The smallest absolute Gasteiger partial charge is 0.231 e. The molecule has 0 aromatic heterocycles. The summed E-state index contributed by atoms with van der Waals surface area (Å²) in [5.41, 5.74) is 0.614. The van der Waals surface area contributed by atoms with Crippen LogP contribution in [0.3, 0.4) is 0 Å². The molecule has 0 spiro atoms. The lowest BCUT2D eigenvalue weighted by molar-refractivity contribution is 0.106. The maximum absolute atomic E-state index is 9.95. The van der Waals surface area contributed by atoms with Crippen molar-refractivity contribution in [2.24, 2.45) is 5.41 Å². The van der Waals surface area contributed by atoms with Gasteiger partial charge in [0.15, 0.2) is 11.5 Å². The van der Waals surface area contributed by atoms with E-state index >= 15 is 0 Å². The Hall–Kier alpha value is -1.19. The van der Waals surface area contributed by atoms with Crippen LogP contribution in [0.1, 0.15) is 26.3 Å². The third kappa shape index (κ3) is 2.79. The van der Waals surface area contributed by atoms with Gasteiger partial charge in [0.2, 0.25) is 6.79 Å². The van der Waals surface area contributed by atoms with E-state index in [2.05, 4.69) is 0 Å². The van der Waals surface area contributed by atoms with Gasteiger partial charge in [-0.3, -0.25) is 0 Å². The van der Waals surface area contributed by atoms with Crippen LogP contribution in [0.2, 0.25) is 5.02 Å². The molecule has 0 radical (unpaired) electrons. The lowest BCUT2D eigenvalue weighted by Crippen LogP contribution is -2.23. The fraction of sp³-hybridized carbons (Fsp3) is 0.429. The maximum Gasteiger partial charge on any atom is 0.231 e. The predicted octanol–water partition coefficient (Wildman–Crippen LogP) is 3.49. The molecule has 1 aromatic rings. The molecule has 0 bridgehead atoms. The minimum Gasteiger partial charge on any atom is -0.454 e. The zero-order chi connectivity index (χ0) is 13.3. The summed E-state index contributed by atoms with van der Waals surface area (Å²) in [5.74, 6) is 1.35. The largest absolute Gasteiger partial charge is 0.454 e. The Morgan fingerprint density at radius 1 is 1.28 bits per heavy atom. The van der Waals surface area contributed by atoms with Crippen LogP contribution in [0.15, 0.2) is 18.2 Å². The van der Waals surface area contributed by atoms with Gasteiger partial charge in [-0.25, -0.2) is 0 Å². The van der Waals surface area contributed by atoms with E-state index < -0.39 is 6.10 Å². The van der Waals surface area contributed by atoms with Crippen molar-refractivity contribution in [3.05, 3.63) is 28.8 Å². The molecule has 1 atom stereocenters. The summed E-state index contributed by atoms with van der Waals surface area (Å²) >= 11 is 6.14. The second-order valence-electron chi connectivity index (χ2n) is 5.40. The minimum absolute atomic E-state index is 0.195. The molecule has 98 valence electrons. The van der Waals surface area contributed by atoms with Gasteiger partial charge in [-0.2, -0.15) is 0 Å². The standard InChI is InChI=1S/C14H17ClO3/c1-14(2,3)13(16)5-4-9-6-11-12(7-10(9)15)18-8-17-11/h4-7,13,16H,8H2,1-3H3. The second kappa shape index (κ2) is 4.82. The number of aliphatic hydroxyl groups excluding tert-OH is 1. The normalized spacial score (nSPS) is 16.3. The fourth-order valence-corrected chi connectivity index (χ4v) is 1.76. The molecular formula is C14H17ClO3. The zero-order valence-electron chi connectivity index (χ0n) is 10.7. The van der Waals surface area contributed by atoms with Gasteiger partial charge in [0.1, 0.15) is 0 Å². The number of fused-ring (bicyclic) bond motifs is 1. The Kier molecular flexibility index (Phi) is 3.55. The molecule has 1 unspecified atom stereocenters. The van der Waals surface area contributed by atoms with Crippen LogP contribution in [0.5, 0.6) is 11.5 Å². The summed E-state index contributed by atoms with van der Waals surface area (Å²) < 4.78 is 10.5. The van der Waals surface area contributed by atoms with Crippen LogP contribution < -0.4 is 9.47 Å². The van der Waals surface area contributed by atoms with Crippen LogP contribution >= 0.6 is 11.6 Å². The highest BCUT2D eigenvalue weighted by Crippen LogP contribution is 2.37. The molecule has 0 amide bonds. The van der Waals surface area contributed by atoms with Gasteiger partial charge >= 0.3 is 0 Å². The number of ether oxygens (including phenoxy) is 2. The number of benzene rings is 1. The van der Waals surface area contributed by atoms with Gasteiger partial charge in [-0.1, -0.05) is 44.5 Å². The molecule has 1 heterocycles. The van der Waals surface area contributed by atoms with Crippen molar-refractivity contribution < 1.29 is 14.6 Å². The molecule has 2 rings (SSSR count). The molecule has 0 aliphatic carbocycles. The van der Waals surface area contributed by atoms with Gasteiger partial charge in [0.05, 0.1) is 11.1 Å². The average molecular weight is 269 g/mol. The quantitative estimate of drug-likeness (QED) is 0.892. The zero-order valence-corrected chi connectivity index (χ0v) is 11.5. The molecular weight excluding hydrogens is 252 g/mol. The first-order valence-electron chi connectivity index (χ1n) is 5.83. The number of hydrogen-bond donors (Lipinski definition) is 1.